The highest BCUT2D eigenvalue weighted by Crippen LogP contribution is 2.22. The number of tetrazole rings is 1. The van der Waals surface area contributed by atoms with E-state index < -0.39 is 5.97 Å². The molecule has 0 saturated carbocycles. The summed E-state index contributed by atoms with van der Waals surface area (Å²) >= 11 is 0. The zero-order valence-electron chi connectivity index (χ0n) is 13.9. The van der Waals surface area contributed by atoms with E-state index in [-0.39, 0.29) is 17.0 Å². The highest BCUT2D eigenvalue weighted by molar-refractivity contribution is 5.93. The van der Waals surface area contributed by atoms with Gasteiger partial charge in [0.1, 0.15) is 11.6 Å². The van der Waals surface area contributed by atoms with Gasteiger partial charge in [-0.2, -0.15) is 15.6 Å². The van der Waals surface area contributed by atoms with Gasteiger partial charge in [0.25, 0.3) is 0 Å². The summed E-state index contributed by atoms with van der Waals surface area (Å²) in [5.74, 6) is -0.948. The summed E-state index contributed by atoms with van der Waals surface area (Å²) in [5.41, 5.74) is 2.79. The molecular weight excluding hydrogens is 336 g/mol. The molecule has 26 heavy (non-hydrogen) atoms. The number of aromatic carboxylic acids is 1. The Bertz CT molecular complexity index is 1030. The number of H-pyrrole nitrogens is 1. The van der Waals surface area contributed by atoms with E-state index in [4.69, 9.17) is 5.26 Å². The number of allylic oxidation sites excluding steroid dienone is 1. The van der Waals surface area contributed by atoms with Crippen molar-refractivity contribution in [2.75, 3.05) is 5.32 Å². The lowest BCUT2D eigenvalue weighted by Crippen LogP contribution is -2.08. The molecule has 0 unspecified atom stereocenters. The first-order valence-corrected chi connectivity index (χ1v) is 7.51. The second-order valence-corrected chi connectivity index (χ2v) is 5.43. The molecule has 0 atom stereocenters. The Labute approximate surface area is 147 Å². The van der Waals surface area contributed by atoms with Crippen molar-refractivity contribution >= 4 is 17.2 Å². The van der Waals surface area contributed by atoms with Crippen LogP contribution in [-0.2, 0) is 0 Å². The van der Waals surface area contributed by atoms with Gasteiger partial charge in [0.05, 0.1) is 16.9 Å². The first-order valence-electron chi connectivity index (χ1n) is 7.51. The fraction of sp³-hybridized carbons (Fsp3) is 0.125. The number of hydrogen-bond acceptors (Lipinski definition) is 7. The lowest BCUT2D eigenvalue weighted by atomic mass is 10.1. The van der Waals surface area contributed by atoms with Gasteiger partial charge in [-0.15, -0.1) is 10.2 Å². The molecule has 0 radical (unpaired) electrons. The third-order valence-electron chi connectivity index (χ3n) is 3.55. The number of benzene rings is 1. The number of nitriles is 1. The normalized spacial score (nSPS) is 11.2. The van der Waals surface area contributed by atoms with E-state index in [0.29, 0.717) is 11.4 Å². The molecule has 10 nitrogen and oxygen atoms in total. The molecule has 130 valence electrons. The summed E-state index contributed by atoms with van der Waals surface area (Å²) in [6.45, 7) is 3.69. The van der Waals surface area contributed by atoms with Crippen molar-refractivity contribution in [3.8, 4) is 11.8 Å². The molecule has 1 aromatic carbocycles. The van der Waals surface area contributed by atoms with Crippen LogP contribution in [0.5, 0.6) is 0 Å². The SMILES string of the molecule is Cc1cc(C)n(-c2ccc(NC=C(C#N)c3nn[nH]n3)cc2C(=O)O)n1. The molecule has 0 aliphatic heterocycles. The van der Waals surface area contributed by atoms with E-state index in [1.807, 2.05) is 26.0 Å². The Balaban J connectivity index is 1.96. The van der Waals surface area contributed by atoms with Gasteiger partial charge in [-0.1, -0.05) is 0 Å². The Morgan fingerprint density at radius 1 is 1.38 bits per heavy atom. The average Bonchev–Trinajstić information content (AvgIpc) is 3.25. The molecule has 0 amide bonds. The van der Waals surface area contributed by atoms with Gasteiger partial charge < -0.3 is 10.4 Å². The molecule has 0 fully saturated rings. The van der Waals surface area contributed by atoms with Crippen LogP contribution in [0, 0.1) is 25.2 Å². The van der Waals surface area contributed by atoms with Gasteiger partial charge in [0.15, 0.2) is 0 Å². The number of hydrogen-bond donors (Lipinski definition) is 3. The topological polar surface area (TPSA) is 145 Å². The first-order chi connectivity index (χ1) is 12.5. The number of carboxylic acid groups (broad SMARTS) is 1. The van der Waals surface area contributed by atoms with Crippen molar-refractivity contribution < 1.29 is 9.90 Å². The van der Waals surface area contributed by atoms with Crippen molar-refractivity contribution in [1.82, 2.24) is 30.4 Å². The van der Waals surface area contributed by atoms with Gasteiger partial charge in [0, 0.05) is 17.6 Å². The molecule has 3 N–H and O–H groups in total. The molecule has 0 aliphatic rings. The number of aromatic nitrogens is 6. The van der Waals surface area contributed by atoms with Crippen molar-refractivity contribution in [1.29, 1.82) is 5.26 Å². The molecule has 2 aromatic heterocycles. The summed E-state index contributed by atoms with van der Waals surface area (Å²) in [4.78, 5) is 11.7. The van der Waals surface area contributed by atoms with Gasteiger partial charge in [-0.3, -0.25) is 0 Å². The minimum atomic E-state index is -1.08. The van der Waals surface area contributed by atoms with E-state index in [1.165, 1.54) is 12.3 Å². The summed E-state index contributed by atoms with van der Waals surface area (Å²) in [6.07, 6.45) is 1.38. The number of carbonyl (C=O) groups is 1. The van der Waals surface area contributed by atoms with Crippen LogP contribution in [0.15, 0.2) is 30.5 Å². The van der Waals surface area contributed by atoms with Crippen LogP contribution in [-0.4, -0.2) is 41.5 Å². The fourth-order valence-corrected chi connectivity index (χ4v) is 2.43. The second-order valence-electron chi connectivity index (χ2n) is 5.43. The van der Waals surface area contributed by atoms with E-state index in [1.54, 1.807) is 16.8 Å². The van der Waals surface area contributed by atoms with Crippen molar-refractivity contribution in [3.05, 3.63) is 53.2 Å². The smallest absolute Gasteiger partial charge is 0.337 e. The fourth-order valence-electron chi connectivity index (χ4n) is 2.43. The Morgan fingerprint density at radius 2 is 2.19 bits per heavy atom. The molecule has 3 rings (SSSR count). The lowest BCUT2D eigenvalue weighted by Gasteiger charge is -2.10. The number of anilines is 1. The zero-order chi connectivity index (χ0) is 18.7. The lowest BCUT2D eigenvalue weighted by molar-refractivity contribution is 0.0696. The van der Waals surface area contributed by atoms with Crippen LogP contribution in [0.4, 0.5) is 5.69 Å². The Kier molecular flexibility index (Phi) is 4.44. The molecule has 10 heteroatoms. The number of nitrogens with zero attached hydrogens (tertiary/aromatic N) is 6. The summed E-state index contributed by atoms with van der Waals surface area (Å²) in [6, 6.07) is 8.62. The van der Waals surface area contributed by atoms with E-state index in [0.717, 1.165) is 11.4 Å². The predicted molar refractivity (Wildman–Crippen MR) is 91.4 cm³/mol. The van der Waals surface area contributed by atoms with Crippen LogP contribution in [0.3, 0.4) is 0 Å². The van der Waals surface area contributed by atoms with Crippen LogP contribution >= 0.6 is 0 Å². The Morgan fingerprint density at radius 3 is 2.77 bits per heavy atom. The second kappa shape index (κ2) is 6.86. The quantitative estimate of drug-likeness (QED) is 0.589. The number of carboxylic acids is 1. The average molecular weight is 350 g/mol. The molecule has 3 aromatic rings. The van der Waals surface area contributed by atoms with Crippen molar-refractivity contribution in [2.45, 2.75) is 13.8 Å². The highest BCUT2D eigenvalue weighted by atomic mass is 16.4. The van der Waals surface area contributed by atoms with Gasteiger partial charge >= 0.3 is 5.97 Å². The van der Waals surface area contributed by atoms with Gasteiger partial charge in [0.2, 0.25) is 5.82 Å². The predicted octanol–water partition coefficient (Wildman–Crippen LogP) is 1.68. The summed E-state index contributed by atoms with van der Waals surface area (Å²) < 4.78 is 1.58. The third-order valence-corrected chi connectivity index (χ3v) is 3.55. The molecule has 2 heterocycles. The standard InChI is InChI=1S/C16H14N8O2/c1-9-5-10(2)24(21-9)14-4-3-12(6-13(14)16(25)26)18-8-11(7-17)15-19-22-23-20-15/h3-6,8,18H,1-2H3,(H,25,26)(H,19,20,22,23). The maximum Gasteiger partial charge on any atom is 0.337 e. The van der Waals surface area contributed by atoms with Crippen LogP contribution < -0.4 is 5.32 Å². The summed E-state index contributed by atoms with van der Waals surface area (Å²) in [7, 11) is 0. The Hall–Kier alpha value is -4.00. The highest BCUT2D eigenvalue weighted by Gasteiger charge is 2.15. The number of aryl methyl sites for hydroxylation is 2. The van der Waals surface area contributed by atoms with E-state index >= 15 is 0 Å². The molecule has 0 spiro atoms. The number of rotatable bonds is 5. The van der Waals surface area contributed by atoms with Crippen molar-refractivity contribution in [2.24, 2.45) is 0 Å². The maximum atomic E-state index is 11.7. The van der Waals surface area contributed by atoms with Crippen LogP contribution in [0.1, 0.15) is 27.6 Å². The van der Waals surface area contributed by atoms with E-state index in [2.05, 4.69) is 31.0 Å². The first kappa shape index (κ1) is 16.8. The maximum absolute atomic E-state index is 11.7. The largest absolute Gasteiger partial charge is 0.478 e. The van der Waals surface area contributed by atoms with Gasteiger partial charge in [-0.05, 0) is 43.3 Å². The minimum absolute atomic E-state index is 0.0765. The third kappa shape index (κ3) is 3.27. The monoisotopic (exact) mass is 350 g/mol. The molecule has 0 saturated heterocycles. The van der Waals surface area contributed by atoms with E-state index in [9.17, 15) is 9.90 Å². The van der Waals surface area contributed by atoms with Crippen molar-refractivity contribution in [3.63, 3.8) is 0 Å². The molecular formula is C16H14N8O2. The molecule has 0 bridgehead atoms. The van der Waals surface area contributed by atoms with Crippen LogP contribution in [0.2, 0.25) is 0 Å². The summed E-state index contributed by atoms with van der Waals surface area (Å²) in [5, 5.41) is 39.0. The molecule has 0 aliphatic carbocycles. The zero-order valence-corrected chi connectivity index (χ0v) is 13.9. The number of aromatic amines is 1. The van der Waals surface area contributed by atoms with Gasteiger partial charge in [-0.25, -0.2) is 9.48 Å². The number of nitrogens with one attached hydrogen (secondary N) is 2. The van der Waals surface area contributed by atoms with Crippen LogP contribution in [0.25, 0.3) is 11.3 Å². The minimum Gasteiger partial charge on any atom is -0.478 e.